The number of rotatable bonds is 5. The molecular formula is C16H30N2O2. The molecular weight excluding hydrogens is 252 g/mol. The predicted octanol–water partition coefficient (Wildman–Crippen LogP) is 2.62. The van der Waals surface area contributed by atoms with E-state index in [-0.39, 0.29) is 12.1 Å². The first kappa shape index (κ1) is 15.6. The minimum atomic E-state index is -0.249. The van der Waals surface area contributed by atoms with Gasteiger partial charge in [0.25, 0.3) is 0 Å². The van der Waals surface area contributed by atoms with Gasteiger partial charge in [0.15, 0.2) is 0 Å². The average molecular weight is 282 g/mol. The molecule has 1 aliphatic heterocycles. The molecule has 0 spiro atoms. The van der Waals surface area contributed by atoms with Gasteiger partial charge >= 0.3 is 6.03 Å². The van der Waals surface area contributed by atoms with Crippen LogP contribution in [-0.2, 0) is 0 Å². The first-order valence-corrected chi connectivity index (χ1v) is 8.13. The number of nitrogens with zero attached hydrogens (tertiary/aromatic N) is 1. The molecule has 4 nitrogen and oxygen atoms in total. The van der Waals surface area contributed by atoms with Crippen LogP contribution in [0.3, 0.4) is 0 Å². The number of nitrogens with one attached hydrogen (secondary N) is 1. The van der Waals surface area contributed by atoms with Crippen LogP contribution in [0.5, 0.6) is 0 Å². The second-order valence-corrected chi connectivity index (χ2v) is 7.32. The number of urea groups is 1. The van der Waals surface area contributed by atoms with Gasteiger partial charge in [0.1, 0.15) is 0 Å². The van der Waals surface area contributed by atoms with Crippen LogP contribution >= 0.6 is 0 Å². The van der Waals surface area contributed by atoms with Crippen molar-refractivity contribution >= 4 is 6.03 Å². The highest BCUT2D eigenvalue weighted by Gasteiger charge is 2.43. The molecule has 1 aliphatic carbocycles. The fourth-order valence-electron chi connectivity index (χ4n) is 3.46. The van der Waals surface area contributed by atoms with Crippen LogP contribution in [0.25, 0.3) is 0 Å². The van der Waals surface area contributed by atoms with Crippen molar-refractivity contribution in [2.45, 2.75) is 59.0 Å². The lowest BCUT2D eigenvalue weighted by molar-refractivity contribution is 0.0795. The SMILES string of the molecule is CC(C)CC1(CNC(=O)N2CCC(C(C)O)CC2)CC1. The summed E-state index contributed by atoms with van der Waals surface area (Å²) in [5.74, 6) is 1.06. The Morgan fingerprint density at radius 2 is 1.90 bits per heavy atom. The summed E-state index contributed by atoms with van der Waals surface area (Å²) in [6.07, 6.45) is 5.33. The van der Waals surface area contributed by atoms with E-state index < -0.39 is 0 Å². The van der Waals surface area contributed by atoms with Crippen LogP contribution in [0.2, 0.25) is 0 Å². The van der Waals surface area contributed by atoms with Crippen molar-refractivity contribution in [1.82, 2.24) is 10.2 Å². The summed E-state index contributed by atoms with van der Waals surface area (Å²) >= 11 is 0. The smallest absolute Gasteiger partial charge is 0.317 e. The number of piperidine rings is 1. The Hall–Kier alpha value is -0.770. The van der Waals surface area contributed by atoms with Crippen molar-refractivity contribution in [3.8, 4) is 0 Å². The lowest BCUT2D eigenvalue weighted by Gasteiger charge is -2.33. The van der Waals surface area contributed by atoms with Crippen molar-refractivity contribution in [3.63, 3.8) is 0 Å². The molecule has 0 aromatic carbocycles. The van der Waals surface area contributed by atoms with E-state index in [9.17, 15) is 9.90 Å². The fourth-order valence-corrected chi connectivity index (χ4v) is 3.46. The monoisotopic (exact) mass is 282 g/mol. The van der Waals surface area contributed by atoms with E-state index in [1.54, 1.807) is 0 Å². The van der Waals surface area contributed by atoms with E-state index in [0.29, 0.717) is 17.3 Å². The van der Waals surface area contributed by atoms with Gasteiger partial charge in [0.05, 0.1) is 6.10 Å². The third kappa shape index (κ3) is 4.11. The molecule has 2 aliphatic rings. The third-order valence-electron chi connectivity index (χ3n) is 4.92. The molecule has 20 heavy (non-hydrogen) atoms. The minimum Gasteiger partial charge on any atom is -0.393 e. The van der Waals surface area contributed by atoms with Crippen molar-refractivity contribution in [2.24, 2.45) is 17.3 Å². The topological polar surface area (TPSA) is 52.6 Å². The summed E-state index contributed by atoms with van der Waals surface area (Å²) in [7, 11) is 0. The molecule has 1 heterocycles. The molecule has 1 unspecified atom stereocenters. The molecule has 4 heteroatoms. The normalized spacial score (nSPS) is 23.8. The number of amides is 2. The number of likely N-dealkylation sites (tertiary alicyclic amines) is 1. The number of aliphatic hydroxyl groups is 1. The lowest BCUT2D eigenvalue weighted by Crippen LogP contribution is -2.47. The maximum Gasteiger partial charge on any atom is 0.317 e. The highest BCUT2D eigenvalue weighted by Crippen LogP contribution is 2.50. The molecule has 0 bridgehead atoms. The number of hydrogen-bond acceptors (Lipinski definition) is 2. The first-order valence-electron chi connectivity index (χ1n) is 8.13. The van der Waals surface area contributed by atoms with Gasteiger partial charge < -0.3 is 15.3 Å². The van der Waals surface area contributed by atoms with Crippen LogP contribution in [-0.4, -0.2) is 41.8 Å². The Labute approximate surface area is 122 Å². The molecule has 2 N–H and O–H groups in total. The van der Waals surface area contributed by atoms with Gasteiger partial charge in [0.2, 0.25) is 0 Å². The van der Waals surface area contributed by atoms with Crippen LogP contribution < -0.4 is 5.32 Å². The van der Waals surface area contributed by atoms with Crippen LogP contribution in [0.1, 0.15) is 52.9 Å². The quantitative estimate of drug-likeness (QED) is 0.814. The minimum absolute atomic E-state index is 0.0871. The Kier molecular flexibility index (Phi) is 4.95. The zero-order chi connectivity index (χ0) is 14.8. The molecule has 1 saturated carbocycles. The zero-order valence-electron chi connectivity index (χ0n) is 13.2. The van der Waals surface area contributed by atoms with Gasteiger partial charge in [-0.15, -0.1) is 0 Å². The summed E-state index contributed by atoms with van der Waals surface area (Å²) in [5, 5.41) is 12.7. The van der Waals surface area contributed by atoms with Gasteiger partial charge in [-0.3, -0.25) is 0 Å². The van der Waals surface area contributed by atoms with Gasteiger partial charge in [0, 0.05) is 19.6 Å². The van der Waals surface area contributed by atoms with E-state index in [4.69, 9.17) is 0 Å². The van der Waals surface area contributed by atoms with Crippen molar-refractivity contribution in [3.05, 3.63) is 0 Å². The molecule has 2 rings (SSSR count). The van der Waals surface area contributed by atoms with Crippen molar-refractivity contribution in [1.29, 1.82) is 0 Å². The van der Waals surface area contributed by atoms with E-state index in [0.717, 1.165) is 32.5 Å². The molecule has 0 radical (unpaired) electrons. The first-order chi connectivity index (χ1) is 9.42. The van der Waals surface area contributed by atoms with Gasteiger partial charge in [-0.25, -0.2) is 4.79 Å². The fraction of sp³-hybridized carbons (Fsp3) is 0.938. The Morgan fingerprint density at radius 3 is 2.35 bits per heavy atom. The second-order valence-electron chi connectivity index (χ2n) is 7.32. The molecule has 2 amide bonds. The Morgan fingerprint density at radius 1 is 1.30 bits per heavy atom. The van der Waals surface area contributed by atoms with Gasteiger partial charge in [-0.1, -0.05) is 13.8 Å². The molecule has 0 aromatic heterocycles. The van der Waals surface area contributed by atoms with Crippen molar-refractivity contribution in [2.75, 3.05) is 19.6 Å². The Balaban J connectivity index is 1.71. The van der Waals surface area contributed by atoms with E-state index >= 15 is 0 Å². The van der Waals surface area contributed by atoms with E-state index in [1.165, 1.54) is 19.3 Å². The highest BCUT2D eigenvalue weighted by atomic mass is 16.3. The van der Waals surface area contributed by atoms with Crippen LogP contribution in [0.4, 0.5) is 4.79 Å². The summed E-state index contributed by atoms with van der Waals surface area (Å²) in [5.41, 5.74) is 0.391. The number of carbonyl (C=O) groups excluding carboxylic acids is 1. The predicted molar refractivity (Wildman–Crippen MR) is 80.5 cm³/mol. The summed E-state index contributed by atoms with van der Waals surface area (Å²) in [6, 6.07) is 0.0871. The van der Waals surface area contributed by atoms with Crippen LogP contribution in [0, 0.1) is 17.3 Å². The maximum atomic E-state index is 12.2. The van der Waals surface area contributed by atoms with Crippen molar-refractivity contribution < 1.29 is 9.90 Å². The summed E-state index contributed by atoms with van der Waals surface area (Å²) in [4.78, 5) is 14.1. The summed E-state index contributed by atoms with van der Waals surface area (Å²) in [6.45, 7) is 8.74. The molecule has 116 valence electrons. The summed E-state index contributed by atoms with van der Waals surface area (Å²) < 4.78 is 0. The Bertz CT molecular complexity index is 329. The molecule has 0 aromatic rings. The number of aliphatic hydroxyl groups excluding tert-OH is 1. The standard InChI is InChI=1S/C16H30N2O2/c1-12(2)10-16(6-7-16)11-17-15(20)18-8-4-14(5-9-18)13(3)19/h12-14,19H,4-11H2,1-3H3,(H,17,20). The highest BCUT2D eigenvalue weighted by molar-refractivity contribution is 5.74. The van der Waals surface area contributed by atoms with Gasteiger partial charge in [-0.05, 0) is 56.3 Å². The third-order valence-corrected chi connectivity index (χ3v) is 4.92. The van der Waals surface area contributed by atoms with Gasteiger partial charge in [-0.2, -0.15) is 0 Å². The molecule has 2 fully saturated rings. The van der Waals surface area contributed by atoms with Crippen LogP contribution in [0.15, 0.2) is 0 Å². The van der Waals surface area contributed by atoms with E-state index in [2.05, 4.69) is 19.2 Å². The average Bonchev–Trinajstić information content (AvgIpc) is 3.15. The molecule has 1 saturated heterocycles. The number of hydrogen-bond donors (Lipinski definition) is 2. The van der Waals surface area contributed by atoms with E-state index in [1.807, 2.05) is 11.8 Å². The maximum absolute atomic E-state index is 12.2. The number of carbonyl (C=O) groups is 1. The lowest BCUT2D eigenvalue weighted by atomic mass is 9.92. The second kappa shape index (κ2) is 6.33. The zero-order valence-corrected chi connectivity index (χ0v) is 13.2. The largest absolute Gasteiger partial charge is 0.393 e. The molecule has 1 atom stereocenters.